The third kappa shape index (κ3) is 4.01. The zero-order valence-electron chi connectivity index (χ0n) is 21.3. The Balaban J connectivity index is 1.25. The van der Waals surface area contributed by atoms with E-state index in [1.165, 1.54) is 24.8 Å². The molecule has 4 bridgehead atoms. The highest BCUT2D eigenvalue weighted by Crippen LogP contribution is 2.60. The van der Waals surface area contributed by atoms with Crippen LogP contribution in [-0.4, -0.2) is 15.4 Å². The number of fused-ring (bicyclic) bond motifs is 1. The molecule has 1 N–H and O–H groups in total. The van der Waals surface area contributed by atoms with Gasteiger partial charge in [-0.15, -0.1) is 0 Å². The molecule has 188 valence electrons. The van der Waals surface area contributed by atoms with Crippen molar-refractivity contribution in [2.75, 3.05) is 5.32 Å². The van der Waals surface area contributed by atoms with Crippen molar-refractivity contribution >= 4 is 17.4 Å². The normalized spacial score (nSPS) is 25.9. The van der Waals surface area contributed by atoms with Crippen LogP contribution in [0.15, 0.2) is 72.9 Å². The minimum absolute atomic E-state index is 0.0301. The van der Waals surface area contributed by atoms with E-state index in [0.29, 0.717) is 30.0 Å². The third-order valence-electron chi connectivity index (χ3n) is 8.90. The molecule has 2 aromatic heterocycles. The van der Waals surface area contributed by atoms with E-state index in [0.717, 1.165) is 47.5 Å². The Hall–Kier alpha value is -3.60. The molecule has 2 heterocycles. The third-order valence-corrected chi connectivity index (χ3v) is 8.90. The van der Waals surface area contributed by atoms with Crippen LogP contribution in [0.1, 0.15) is 49.7 Å². The summed E-state index contributed by atoms with van der Waals surface area (Å²) in [6, 6.07) is 22.4. The maximum atomic E-state index is 13.8. The molecule has 4 saturated carbocycles. The lowest BCUT2D eigenvalue weighted by Crippen LogP contribution is -2.51. The lowest BCUT2D eigenvalue weighted by Gasteiger charge is -2.55. The number of anilines is 1. The predicted molar refractivity (Wildman–Crippen MR) is 145 cm³/mol. The van der Waals surface area contributed by atoms with Gasteiger partial charge in [0.15, 0.2) is 0 Å². The predicted octanol–water partition coefficient (Wildman–Crippen LogP) is 7.04. The summed E-state index contributed by atoms with van der Waals surface area (Å²) in [7, 11) is 0. The fourth-order valence-electron chi connectivity index (χ4n) is 7.60. The minimum atomic E-state index is -0.299. The highest BCUT2D eigenvalue weighted by atomic mass is 16.5. The topological polar surface area (TPSA) is 55.6 Å². The van der Waals surface area contributed by atoms with Crippen LogP contribution in [0.3, 0.4) is 0 Å². The summed E-state index contributed by atoms with van der Waals surface area (Å²) < 4.78 is 8.39. The molecule has 8 rings (SSSR count). The number of para-hydroxylation sites is 1. The number of ether oxygens (including phenoxy) is 1. The number of aryl methyl sites for hydroxylation is 1. The maximum Gasteiger partial charge on any atom is 0.317 e. The monoisotopic (exact) mass is 491 g/mol. The number of nitrogens with one attached hydrogen (secondary N) is 1. The van der Waals surface area contributed by atoms with Gasteiger partial charge in [-0.05, 0) is 98.6 Å². The molecule has 0 radical (unpaired) electrons. The summed E-state index contributed by atoms with van der Waals surface area (Å²) >= 11 is 0. The number of hydrogen-bond acceptors (Lipinski definition) is 4. The summed E-state index contributed by atoms with van der Waals surface area (Å²) in [6.45, 7) is 2.75. The van der Waals surface area contributed by atoms with Gasteiger partial charge in [-0.3, -0.25) is 9.20 Å². The van der Waals surface area contributed by atoms with Gasteiger partial charge < -0.3 is 10.1 Å². The quantitative estimate of drug-likeness (QED) is 0.232. The first-order chi connectivity index (χ1) is 18.1. The Kier molecular flexibility index (Phi) is 5.35. The van der Waals surface area contributed by atoms with E-state index in [2.05, 4.69) is 59.2 Å². The summed E-state index contributed by atoms with van der Waals surface area (Å²) in [5.74, 6) is 3.57. The fraction of sp³-hybridized carbons (Fsp3) is 0.375. The van der Waals surface area contributed by atoms with Crippen molar-refractivity contribution in [1.29, 1.82) is 0 Å². The largest absolute Gasteiger partial charge is 0.425 e. The van der Waals surface area contributed by atoms with Crippen molar-refractivity contribution in [2.24, 2.45) is 23.2 Å². The number of hydrogen-bond donors (Lipinski definition) is 1. The van der Waals surface area contributed by atoms with Gasteiger partial charge in [0.25, 0.3) is 0 Å². The Morgan fingerprint density at radius 3 is 2.38 bits per heavy atom. The van der Waals surface area contributed by atoms with E-state index in [1.54, 1.807) is 0 Å². The van der Waals surface area contributed by atoms with Crippen LogP contribution in [0.5, 0.6) is 5.75 Å². The highest BCUT2D eigenvalue weighted by molar-refractivity contribution is 5.85. The molecular weight excluding hydrogens is 458 g/mol. The number of esters is 1. The SMILES string of the molecule is Cc1ccn2c(NCc3ccccc3)c(-c3ccccc3OC(=O)C34CC5CC(CC(C5)C3)C4)nc2c1. The van der Waals surface area contributed by atoms with Crippen LogP contribution in [0.2, 0.25) is 0 Å². The first-order valence-corrected chi connectivity index (χ1v) is 13.6. The van der Waals surface area contributed by atoms with Crippen LogP contribution in [0.4, 0.5) is 5.82 Å². The number of rotatable bonds is 6. The van der Waals surface area contributed by atoms with Gasteiger partial charge in [0.2, 0.25) is 0 Å². The molecular formula is C32H33N3O2. The molecule has 0 aliphatic heterocycles. The summed E-state index contributed by atoms with van der Waals surface area (Å²) in [5, 5.41) is 3.62. The average molecular weight is 492 g/mol. The molecule has 0 spiro atoms. The number of imidazole rings is 1. The lowest BCUT2D eigenvalue weighted by atomic mass is 9.49. The van der Waals surface area contributed by atoms with Crippen molar-refractivity contribution in [1.82, 2.24) is 9.38 Å². The lowest BCUT2D eigenvalue weighted by molar-refractivity contribution is -0.161. The van der Waals surface area contributed by atoms with Crippen molar-refractivity contribution in [3.05, 3.63) is 84.1 Å². The second-order valence-corrected chi connectivity index (χ2v) is 11.7. The summed E-state index contributed by atoms with van der Waals surface area (Å²) in [5.41, 5.74) is 4.56. The zero-order chi connectivity index (χ0) is 25.0. The molecule has 4 aliphatic rings. The molecule has 2 aromatic carbocycles. The minimum Gasteiger partial charge on any atom is -0.425 e. The van der Waals surface area contributed by atoms with E-state index in [4.69, 9.17) is 9.72 Å². The average Bonchev–Trinajstić information content (AvgIpc) is 3.25. The molecule has 0 unspecified atom stereocenters. The molecule has 0 atom stereocenters. The van der Waals surface area contributed by atoms with Crippen molar-refractivity contribution in [3.8, 4) is 17.0 Å². The van der Waals surface area contributed by atoms with E-state index in [1.807, 2.05) is 30.3 Å². The highest BCUT2D eigenvalue weighted by Gasteiger charge is 2.55. The molecule has 0 amide bonds. The first kappa shape index (κ1) is 22.6. The Morgan fingerprint density at radius 2 is 1.65 bits per heavy atom. The van der Waals surface area contributed by atoms with Gasteiger partial charge in [0.05, 0.1) is 5.41 Å². The smallest absolute Gasteiger partial charge is 0.317 e. The van der Waals surface area contributed by atoms with Crippen molar-refractivity contribution in [3.63, 3.8) is 0 Å². The number of aromatic nitrogens is 2. The van der Waals surface area contributed by atoms with Crippen LogP contribution < -0.4 is 10.1 Å². The van der Waals surface area contributed by atoms with Crippen LogP contribution in [0.25, 0.3) is 16.9 Å². The number of carbonyl (C=O) groups excluding carboxylic acids is 1. The van der Waals surface area contributed by atoms with E-state index in [9.17, 15) is 4.79 Å². The van der Waals surface area contributed by atoms with Crippen LogP contribution in [-0.2, 0) is 11.3 Å². The van der Waals surface area contributed by atoms with Gasteiger partial charge in [-0.1, -0.05) is 42.5 Å². The summed E-state index contributed by atoms with van der Waals surface area (Å²) in [4.78, 5) is 18.8. The van der Waals surface area contributed by atoms with Crippen LogP contribution in [0, 0.1) is 30.1 Å². The van der Waals surface area contributed by atoms with Crippen molar-refractivity contribution in [2.45, 2.75) is 52.0 Å². The van der Waals surface area contributed by atoms with Gasteiger partial charge in [0, 0.05) is 18.3 Å². The van der Waals surface area contributed by atoms with Gasteiger partial charge in [-0.25, -0.2) is 4.98 Å². The Morgan fingerprint density at radius 1 is 0.973 bits per heavy atom. The van der Waals surface area contributed by atoms with Crippen molar-refractivity contribution < 1.29 is 9.53 Å². The second kappa shape index (κ2) is 8.76. The van der Waals surface area contributed by atoms with Gasteiger partial charge in [0.1, 0.15) is 22.9 Å². The molecule has 4 aromatic rings. The van der Waals surface area contributed by atoms with E-state index in [-0.39, 0.29) is 11.4 Å². The number of pyridine rings is 1. The molecule has 5 nitrogen and oxygen atoms in total. The Labute approximate surface area is 217 Å². The van der Waals surface area contributed by atoms with E-state index >= 15 is 0 Å². The van der Waals surface area contributed by atoms with E-state index < -0.39 is 0 Å². The second-order valence-electron chi connectivity index (χ2n) is 11.7. The maximum absolute atomic E-state index is 13.8. The Bertz CT molecular complexity index is 1440. The number of carbonyl (C=O) groups is 1. The van der Waals surface area contributed by atoms with Gasteiger partial charge in [-0.2, -0.15) is 0 Å². The fourth-order valence-corrected chi connectivity index (χ4v) is 7.60. The first-order valence-electron chi connectivity index (χ1n) is 13.6. The molecule has 0 saturated heterocycles. The molecule has 4 aliphatic carbocycles. The van der Waals surface area contributed by atoms with Crippen LogP contribution >= 0.6 is 0 Å². The molecule has 4 fully saturated rings. The summed E-state index contributed by atoms with van der Waals surface area (Å²) in [6.07, 6.45) is 8.96. The molecule has 5 heteroatoms. The standard InChI is InChI=1S/C32H33N3O2/c1-21-11-12-35-28(13-21)34-29(30(35)33-20-22-7-3-2-4-8-22)26-9-5-6-10-27(26)37-31(36)32-17-23-14-24(18-32)16-25(15-23)19-32/h2-13,23-25,33H,14-20H2,1H3. The number of benzene rings is 2. The number of nitrogens with zero attached hydrogens (tertiary/aromatic N) is 2. The van der Waals surface area contributed by atoms with Gasteiger partial charge >= 0.3 is 5.97 Å². The molecule has 37 heavy (non-hydrogen) atoms. The zero-order valence-corrected chi connectivity index (χ0v) is 21.3.